The summed E-state index contributed by atoms with van der Waals surface area (Å²) in [5.41, 5.74) is 2.01. The first-order chi connectivity index (χ1) is 12.9. The van der Waals surface area contributed by atoms with Crippen LogP contribution in [0.3, 0.4) is 0 Å². The van der Waals surface area contributed by atoms with E-state index < -0.39 is 5.91 Å². The fraction of sp³-hybridized carbons (Fsp3) is 0.222. The molecule has 0 atom stereocenters. The lowest BCUT2D eigenvalue weighted by molar-refractivity contribution is 0.0816. The molecule has 3 aromatic rings. The number of carbonyl (C=O) groups excluding carboxylic acids is 2. The Kier molecular flexibility index (Phi) is 5.02. The van der Waals surface area contributed by atoms with Gasteiger partial charge in [-0.25, -0.2) is 4.39 Å². The van der Waals surface area contributed by atoms with Gasteiger partial charge in [0.15, 0.2) is 0 Å². The average molecular weight is 370 g/mol. The zero-order chi connectivity index (χ0) is 19.6. The van der Waals surface area contributed by atoms with Crippen LogP contribution in [-0.4, -0.2) is 50.8 Å². The number of aryl methyl sites for hydroxylation is 1. The van der Waals surface area contributed by atoms with Crippen LogP contribution in [0.1, 0.15) is 27.9 Å². The highest BCUT2D eigenvalue weighted by molar-refractivity contribution is 6.07. The molecule has 0 fully saturated rings. The normalized spacial score (nSPS) is 10.7. The molecule has 2 aromatic heterocycles. The Labute approximate surface area is 155 Å². The number of anilines is 1. The summed E-state index contributed by atoms with van der Waals surface area (Å²) in [6.45, 7) is 2.35. The molecule has 2 amide bonds. The second kappa shape index (κ2) is 7.40. The summed E-state index contributed by atoms with van der Waals surface area (Å²) in [5, 5.41) is 13.6. The molecule has 0 aliphatic heterocycles. The maximum Gasteiger partial charge on any atom is 0.273 e. The molecule has 0 aliphatic rings. The van der Waals surface area contributed by atoms with Crippen LogP contribution in [0.15, 0.2) is 36.5 Å². The molecule has 140 valence electrons. The highest BCUT2D eigenvalue weighted by Crippen LogP contribution is 2.20. The fourth-order valence-electron chi connectivity index (χ4n) is 2.55. The Morgan fingerprint density at radius 2 is 1.96 bits per heavy atom. The maximum atomic E-state index is 13.0. The third-order valence-electron chi connectivity index (χ3n) is 3.96. The number of rotatable bonds is 5. The number of aromatic amines is 1. The van der Waals surface area contributed by atoms with E-state index in [-0.39, 0.29) is 17.4 Å². The standard InChI is InChI=1S/C18H19FN6O2/c1-4-25-16(18(27)24(2)3)15(10-20-25)21-17(26)14-9-13(22-23-14)11-5-7-12(19)8-6-11/h5-10H,4H2,1-3H3,(H,21,26)(H,22,23). The topological polar surface area (TPSA) is 95.9 Å². The maximum absolute atomic E-state index is 13.0. The molecule has 3 rings (SSSR count). The molecule has 0 spiro atoms. The van der Waals surface area contributed by atoms with Crippen molar-refractivity contribution >= 4 is 17.5 Å². The minimum atomic E-state index is -0.459. The molecular formula is C18H19FN6O2. The summed E-state index contributed by atoms with van der Waals surface area (Å²) in [6, 6.07) is 7.35. The molecule has 2 heterocycles. The Bertz CT molecular complexity index is 974. The monoisotopic (exact) mass is 370 g/mol. The summed E-state index contributed by atoms with van der Waals surface area (Å²) in [6.07, 6.45) is 1.44. The second-order valence-electron chi connectivity index (χ2n) is 6.05. The van der Waals surface area contributed by atoms with Crippen molar-refractivity contribution in [2.24, 2.45) is 0 Å². The van der Waals surface area contributed by atoms with E-state index in [1.165, 1.54) is 27.9 Å². The van der Waals surface area contributed by atoms with Gasteiger partial charge in [-0.2, -0.15) is 10.2 Å². The Balaban J connectivity index is 1.83. The van der Waals surface area contributed by atoms with Crippen LogP contribution in [-0.2, 0) is 6.54 Å². The van der Waals surface area contributed by atoms with E-state index in [1.807, 2.05) is 6.92 Å². The van der Waals surface area contributed by atoms with E-state index in [4.69, 9.17) is 0 Å². The van der Waals surface area contributed by atoms with Crippen molar-refractivity contribution in [1.82, 2.24) is 24.9 Å². The molecule has 1 aromatic carbocycles. The van der Waals surface area contributed by atoms with Crippen molar-refractivity contribution in [1.29, 1.82) is 0 Å². The number of hydrogen-bond acceptors (Lipinski definition) is 4. The molecule has 27 heavy (non-hydrogen) atoms. The molecule has 0 unspecified atom stereocenters. The van der Waals surface area contributed by atoms with Gasteiger partial charge in [-0.3, -0.25) is 19.4 Å². The number of benzene rings is 1. The van der Waals surface area contributed by atoms with Crippen molar-refractivity contribution in [3.63, 3.8) is 0 Å². The molecule has 8 nitrogen and oxygen atoms in total. The van der Waals surface area contributed by atoms with Gasteiger partial charge in [0.1, 0.15) is 17.2 Å². The molecule has 0 bridgehead atoms. The largest absolute Gasteiger partial charge is 0.343 e. The third-order valence-corrected chi connectivity index (χ3v) is 3.96. The fourth-order valence-corrected chi connectivity index (χ4v) is 2.55. The molecule has 9 heteroatoms. The quantitative estimate of drug-likeness (QED) is 0.721. The average Bonchev–Trinajstić information content (AvgIpc) is 3.28. The van der Waals surface area contributed by atoms with Gasteiger partial charge in [-0.05, 0) is 37.3 Å². The van der Waals surface area contributed by atoms with Crippen molar-refractivity contribution < 1.29 is 14.0 Å². The van der Waals surface area contributed by atoms with Gasteiger partial charge in [0, 0.05) is 26.2 Å². The summed E-state index contributed by atoms with van der Waals surface area (Å²) in [4.78, 5) is 26.4. The lowest BCUT2D eigenvalue weighted by Gasteiger charge is -2.13. The van der Waals surface area contributed by atoms with Crippen LogP contribution < -0.4 is 5.32 Å². The van der Waals surface area contributed by atoms with Crippen LogP contribution in [0.25, 0.3) is 11.3 Å². The van der Waals surface area contributed by atoms with Crippen molar-refractivity contribution in [2.45, 2.75) is 13.5 Å². The number of nitrogens with zero attached hydrogens (tertiary/aromatic N) is 4. The number of aromatic nitrogens is 4. The minimum absolute atomic E-state index is 0.210. The van der Waals surface area contributed by atoms with Crippen molar-refractivity contribution in [2.75, 3.05) is 19.4 Å². The van der Waals surface area contributed by atoms with Gasteiger partial charge in [-0.15, -0.1) is 0 Å². The Morgan fingerprint density at radius 3 is 2.59 bits per heavy atom. The number of H-pyrrole nitrogens is 1. The first-order valence-electron chi connectivity index (χ1n) is 8.31. The van der Waals surface area contributed by atoms with E-state index in [9.17, 15) is 14.0 Å². The summed E-state index contributed by atoms with van der Waals surface area (Å²) in [7, 11) is 3.26. The lowest BCUT2D eigenvalue weighted by Crippen LogP contribution is -2.26. The number of amides is 2. The first kappa shape index (κ1) is 18.3. The van der Waals surface area contributed by atoms with Gasteiger partial charge < -0.3 is 10.2 Å². The predicted molar refractivity (Wildman–Crippen MR) is 97.9 cm³/mol. The highest BCUT2D eigenvalue weighted by atomic mass is 19.1. The van der Waals surface area contributed by atoms with E-state index >= 15 is 0 Å². The van der Waals surface area contributed by atoms with Crippen LogP contribution in [0.2, 0.25) is 0 Å². The van der Waals surface area contributed by atoms with E-state index in [0.29, 0.717) is 29.2 Å². The molecule has 2 N–H and O–H groups in total. The van der Waals surface area contributed by atoms with Crippen molar-refractivity contribution in [3.05, 3.63) is 53.7 Å². The van der Waals surface area contributed by atoms with Crippen LogP contribution in [0.5, 0.6) is 0 Å². The number of nitrogens with one attached hydrogen (secondary N) is 2. The van der Waals surface area contributed by atoms with E-state index in [0.717, 1.165) is 0 Å². The second-order valence-corrected chi connectivity index (χ2v) is 6.05. The summed E-state index contributed by atoms with van der Waals surface area (Å²) < 4.78 is 14.6. The first-order valence-corrected chi connectivity index (χ1v) is 8.31. The third kappa shape index (κ3) is 3.71. The SMILES string of the molecule is CCn1ncc(NC(=O)c2cc(-c3ccc(F)cc3)n[nH]2)c1C(=O)N(C)C. The predicted octanol–water partition coefficient (Wildman–Crippen LogP) is 2.39. The smallest absolute Gasteiger partial charge is 0.273 e. The summed E-state index contributed by atoms with van der Waals surface area (Å²) in [5.74, 6) is -1.07. The number of halogens is 1. The van der Waals surface area contributed by atoms with Gasteiger partial charge in [0.05, 0.1) is 17.6 Å². The molecule has 0 saturated carbocycles. The van der Waals surface area contributed by atoms with E-state index in [1.54, 1.807) is 32.3 Å². The van der Waals surface area contributed by atoms with E-state index in [2.05, 4.69) is 20.6 Å². The van der Waals surface area contributed by atoms with Gasteiger partial charge in [0.2, 0.25) is 0 Å². The van der Waals surface area contributed by atoms with Crippen LogP contribution in [0, 0.1) is 5.82 Å². The highest BCUT2D eigenvalue weighted by Gasteiger charge is 2.22. The summed E-state index contributed by atoms with van der Waals surface area (Å²) >= 11 is 0. The van der Waals surface area contributed by atoms with Crippen LogP contribution >= 0.6 is 0 Å². The zero-order valence-electron chi connectivity index (χ0n) is 15.2. The molecule has 0 radical (unpaired) electrons. The Hall–Kier alpha value is -3.49. The Morgan fingerprint density at radius 1 is 1.26 bits per heavy atom. The van der Waals surface area contributed by atoms with Crippen LogP contribution in [0.4, 0.5) is 10.1 Å². The van der Waals surface area contributed by atoms with Gasteiger partial charge >= 0.3 is 0 Å². The molecule has 0 saturated heterocycles. The zero-order valence-corrected chi connectivity index (χ0v) is 15.2. The molecule has 0 aliphatic carbocycles. The number of hydrogen-bond donors (Lipinski definition) is 2. The van der Waals surface area contributed by atoms with Gasteiger partial charge in [0.25, 0.3) is 11.8 Å². The van der Waals surface area contributed by atoms with Gasteiger partial charge in [-0.1, -0.05) is 0 Å². The lowest BCUT2D eigenvalue weighted by atomic mass is 10.1. The van der Waals surface area contributed by atoms with Crippen molar-refractivity contribution in [3.8, 4) is 11.3 Å². The molecular weight excluding hydrogens is 351 g/mol. The minimum Gasteiger partial charge on any atom is -0.343 e. The number of carbonyl (C=O) groups is 2.